The Kier molecular flexibility index (Phi) is 5.01. The highest BCUT2D eigenvalue weighted by molar-refractivity contribution is 5.79. The Morgan fingerprint density at radius 2 is 2.06 bits per heavy atom. The minimum absolute atomic E-state index is 0.192. The molecule has 0 radical (unpaired) electrons. The van der Waals surface area contributed by atoms with Gasteiger partial charge in [-0.2, -0.15) is 0 Å². The molecule has 0 bridgehead atoms. The highest BCUT2D eigenvalue weighted by atomic mass is 16.2. The van der Waals surface area contributed by atoms with Gasteiger partial charge in [0.05, 0.1) is 5.92 Å². The molecule has 0 aromatic heterocycles. The Hall–Kier alpha value is -0.610. The van der Waals surface area contributed by atoms with E-state index >= 15 is 0 Å². The molecule has 2 aliphatic rings. The Labute approximate surface area is 111 Å². The second-order valence-corrected chi connectivity index (χ2v) is 6.00. The van der Waals surface area contributed by atoms with E-state index in [1.54, 1.807) is 0 Å². The van der Waals surface area contributed by atoms with Crippen molar-refractivity contribution in [2.24, 2.45) is 11.8 Å². The number of piperidine rings is 1. The third-order valence-corrected chi connectivity index (χ3v) is 4.25. The molecule has 0 aromatic carbocycles. The van der Waals surface area contributed by atoms with Crippen LogP contribution in [0.4, 0.5) is 0 Å². The van der Waals surface area contributed by atoms with Gasteiger partial charge in [-0.05, 0) is 44.8 Å². The van der Waals surface area contributed by atoms with Crippen LogP contribution in [0, 0.1) is 11.8 Å². The number of rotatable bonds is 4. The first-order chi connectivity index (χ1) is 8.66. The molecule has 1 amide bonds. The molecule has 2 unspecified atom stereocenters. The lowest BCUT2D eigenvalue weighted by molar-refractivity contribution is -0.135. The van der Waals surface area contributed by atoms with Crippen LogP contribution in [0.5, 0.6) is 0 Å². The van der Waals surface area contributed by atoms with Crippen molar-refractivity contribution in [2.75, 3.05) is 46.3 Å². The number of amides is 1. The smallest absolute Gasteiger partial charge is 0.226 e. The lowest BCUT2D eigenvalue weighted by atomic mass is 9.91. The number of hydrogen-bond donors (Lipinski definition) is 1. The van der Waals surface area contributed by atoms with Crippen LogP contribution in [0.25, 0.3) is 0 Å². The molecule has 2 rings (SSSR count). The highest BCUT2D eigenvalue weighted by Crippen LogP contribution is 2.17. The first-order valence-electron chi connectivity index (χ1n) is 7.35. The van der Waals surface area contributed by atoms with E-state index in [1.165, 1.54) is 25.9 Å². The third kappa shape index (κ3) is 3.69. The maximum absolute atomic E-state index is 12.3. The summed E-state index contributed by atoms with van der Waals surface area (Å²) in [6.45, 7) is 8.48. The Morgan fingerprint density at radius 1 is 1.33 bits per heavy atom. The molecular formula is C14H27N3O. The molecule has 2 saturated heterocycles. The summed E-state index contributed by atoms with van der Waals surface area (Å²) in [6, 6.07) is 0. The number of nitrogens with zero attached hydrogens (tertiary/aromatic N) is 2. The summed E-state index contributed by atoms with van der Waals surface area (Å²) >= 11 is 0. The van der Waals surface area contributed by atoms with Crippen molar-refractivity contribution < 1.29 is 4.79 Å². The topological polar surface area (TPSA) is 35.6 Å². The zero-order valence-electron chi connectivity index (χ0n) is 11.8. The molecule has 0 aromatic rings. The fourth-order valence-corrected chi connectivity index (χ4v) is 3.06. The number of carbonyl (C=O) groups is 1. The number of likely N-dealkylation sites (N-methyl/N-ethyl adjacent to an activating group) is 1. The molecule has 0 saturated carbocycles. The average Bonchev–Trinajstić information content (AvgIpc) is 2.88. The predicted molar refractivity (Wildman–Crippen MR) is 73.5 cm³/mol. The van der Waals surface area contributed by atoms with E-state index in [2.05, 4.69) is 17.1 Å². The van der Waals surface area contributed by atoms with Crippen LogP contribution in [-0.2, 0) is 4.79 Å². The van der Waals surface area contributed by atoms with Crippen molar-refractivity contribution in [3.05, 3.63) is 0 Å². The summed E-state index contributed by atoms with van der Waals surface area (Å²) in [6.07, 6.45) is 3.68. The van der Waals surface area contributed by atoms with Gasteiger partial charge in [0.15, 0.2) is 0 Å². The van der Waals surface area contributed by atoms with E-state index < -0.39 is 0 Å². The van der Waals surface area contributed by atoms with Crippen molar-refractivity contribution in [3.8, 4) is 0 Å². The normalized spacial score (nSPS) is 29.4. The maximum atomic E-state index is 12.3. The molecule has 18 heavy (non-hydrogen) atoms. The van der Waals surface area contributed by atoms with E-state index in [0.29, 0.717) is 11.8 Å². The molecule has 1 N–H and O–H groups in total. The number of carbonyl (C=O) groups excluding carboxylic acids is 1. The molecule has 2 aliphatic heterocycles. The van der Waals surface area contributed by atoms with Crippen LogP contribution < -0.4 is 5.32 Å². The summed E-state index contributed by atoms with van der Waals surface area (Å²) in [7, 11) is 1.96. The van der Waals surface area contributed by atoms with E-state index in [1.807, 2.05) is 11.9 Å². The van der Waals surface area contributed by atoms with Gasteiger partial charge in [0.25, 0.3) is 0 Å². The highest BCUT2D eigenvalue weighted by Gasteiger charge is 2.27. The maximum Gasteiger partial charge on any atom is 0.226 e. The van der Waals surface area contributed by atoms with E-state index in [4.69, 9.17) is 0 Å². The van der Waals surface area contributed by atoms with Crippen LogP contribution >= 0.6 is 0 Å². The van der Waals surface area contributed by atoms with E-state index in [0.717, 1.165) is 32.6 Å². The standard InChI is InChI=1S/C14H27N3O/c1-12-9-13(11-15-10-12)14(18)16(2)7-8-17-5-3-4-6-17/h12-13,15H,3-11H2,1-2H3. The molecule has 0 aliphatic carbocycles. The van der Waals surface area contributed by atoms with Gasteiger partial charge in [-0.1, -0.05) is 6.92 Å². The van der Waals surface area contributed by atoms with Crippen molar-refractivity contribution in [1.29, 1.82) is 0 Å². The van der Waals surface area contributed by atoms with Gasteiger partial charge >= 0.3 is 0 Å². The molecule has 104 valence electrons. The molecule has 4 heteroatoms. The second kappa shape index (κ2) is 6.53. The molecule has 2 atom stereocenters. The Balaban J connectivity index is 1.73. The van der Waals surface area contributed by atoms with Crippen LogP contribution in [0.15, 0.2) is 0 Å². The molecule has 2 fully saturated rings. The lowest BCUT2D eigenvalue weighted by Gasteiger charge is -2.31. The fraction of sp³-hybridized carbons (Fsp3) is 0.929. The van der Waals surface area contributed by atoms with Gasteiger partial charge in [0, 0.05) is 26.7 Å². The summed E-state index contributed by atoms with van der Waals surface area (Å²) in [5.41, 5.74) is 0. The molecular weight excluding hydrogens is 226 g/mol. The summed E-state index contributed by atoms with van der Waals surface area (Å²) in [4.78, 5) is 16.7. The first kappa shape index (κ1) is 13.8. The quantitative estimate of drug-likeness (QED) is 0.804. The number of likely N-dealkylation sites (tertiary alicyclic amines) is 1. The van der Waals surface area contributed by atoms with Crippen LogP contribution in [-0.4, -0.2) is 62.0 Å². The van der Waals surface area contributed by atoms with Gasteiger partial charge in [0.1, 0.15) is 0 Å². The molecule has 0 spiro atoms. The van der Waals surface area contributed by atoms with Crippen molar-refractivity contribution in [3.63, 3.8) is 0 Å². The Morgan fingerprint density at radius 3 is 2.72 bits per heavy atom. The monoisotopic (exact) mass is 253 g/mol. The van der Waals surface area contributed by atoms with E-state index in [9.17, 15) is 4.79 Å². The van der Waals surface area contributed by atoms with E-state index in [-0.39, 0.29) is 5.92 Å². The third-order valence-electron chi connectivity index (χ3n) is 4.25. The van der Waals surface area contributed by atoms with Gasteiger partial charge in [0.2, 0.25) is 5.91 Å². The zero-order valence-corrected chi connectivity index (χ0v) is 11.8. The minimum atomic E-state index is 0.192. The summed E-state index contributed by atoms with van der Waals surface area (Å²) < 4.78 is 0. The molecule has 2 heterocycles. The lowest BCUT2D eigenvalue weighted by Crippen LogP contribution is -2.45. The SMILES string of the molecule is CC1CNCC(C(=O)N(C)CCN2CCCC2)C1. The number of nitrogens with one attached hydrogen (secondary N) is 1. The van der Waals surface area contributed by atoms with Crippen molar-refractivity contribution >= 4 is 5.91 Å². The first-order valence-corrected chi connectivity index (χ1v) is 7.35. The second-order valence-electron chi connectivity index (χ2n) is 6.00. The van der Waals surface area contributed by atoms with Crippen molar-refractivity contribution in [1.82, 2.24) is 15.1 Å². The van der Waals surface area contributed by atoms with Crippen LogP contribution in [0.3, 0.4) is 0 Å². The zero-order chi connectivity index (χ0) is 13.0. The van der Waals surface area contributed by atoms with Crippen LogP contribution in [0.2, 0.25) is 0 Å². The van der Waals surface area contributed by atoms with Crippen molar-refractivity contribution in [2.45, 2.75) is 26.2 Å². The van der Waals surface area contributed by atoms with Gasteiger partial charge in [-0.25, -0.2) is 0 Å². The Bertz CT molecular complexity index is 276. The van der Waals surface area contributed by atoms with Gasteiger partial charge < -0.3 is 15.1 Å². The minimum Gasteiger partial charge on any atom is -0.344 e. The predicted octanol–water partition coefficient (Wildman–Crippen LogP) is 0.786. The van der Waals surface area contributed by atoms with Crippen LogP contribution in [0.1, 0.15) is 26.2 Å². The fourth-order valence-electron chi connectivity index (χ4n) is 3.06. The number of hydrogen-bond acceptors (Lipinski definition) is 3. The molecule has 4 nitrogen and oxygen atoms in total. The summed E-state index contributed by atoms with van der Waals surface area (Å²) in [5, 5.41) is 3.36. The van der Waals surface area contributed by atoms with Gasteiger partial charge in [-0.15, -0.1) is 0 Å². The average molecular weight is 253 g/mol. The summed E-state index contributed by atoms with van der Waals surface area (Å²) in [5.74, 6) is 1.14. The van der Waals surface area contributed by atoms with Gasteiger partial charge in [-0.3, -0.25) is 4.79 Å². The largest absolute Gasteiger partial charge is 0.344 e.